The molecule has 0 unspecified atom stereocenters. The molecule has 4 rings (SSSR count). The quantitative estimate of drug-likeness (QED) is 0.475. The number of benzene rings is 1. The van der Waals surface area contributed by atoms with E-state index in [9.17, 15) is 10.1 Å². The van der Waals surface area contributed by atoms with Crippen molar-refractivity contribution in [2.24, 2.45) is 0 Å². The molecular formula is C16H14BrN5O2S. The lowest BCUT2D eigenvalue weighted by atomic mass is 10.3. The molecule has 1 aliphatic heterocycles. The Balaban J connectivity index is 1.49. The van der Waals surface area contributed by atoms with Crippen LogP contribution < -0.4 is 9.80 Å². The van der Waals surface area contributed by atoms with Gasteiger partial charge in [-0.3, -0.25) is 10.1 Å². The Kier molecular flexibility index (Phi) is 4.26. The minimum atomic E-state index is -0.372. The van der Waals surface area contributed by atoms with E-state index in [0.29, 0.717) is 0 Å². The monoisotopic (exact) mass is 419 g/mol. The average molecular weight is 420 g/mol. The number of piperazine rings is 1. The molecule has 0 aliphatic carbocycles. The molecule has 7 nitrogen and oxygen atoms in total. The SMILES string of the molecule is O=[N+]([O-])c1ccc2nc(N3CCN(c4ccc(Br)cn4)CC3)sc2c1. The zero-order valence-corrected chi connectivity index (χ0v) is 15.5. The van der Waals surface area contributed by atoms with Crippen LogP contribution in [0.5, 0.6) is 0 Å². The molecule has 0 atom stereocenters. The lowest BCUT2D eigenvalue weighted by molar-refractivity contribution is -0.384. The highest BCUT2D eigenvalue weighted by atomic mass is 79.9. The van der Waals surface area contributed by atoms with E-state index in [-0.39, 0.29) is 10.6 Å². The van der Waals surface area contributed by atoms with Gasteiger partial charge in [-0.25, -0.2) is 9.97 Å². The van der Waals surface area contributed by atoms with Crippen LogP contribution in [0.1, 0.15) is 0 Å². The van der Waals surface area contributed by atoms with Gasteiger partial charge in [-0.2, -0.15) is 0 Å². The number of non-ortho nitro benzene ring substituents is 1. The second-order valence-electron chi connectivity index (χ2n) is 5.71. The van der Waals surface area contributed by atoms with Crippen LogP contribution in [0.2, 0.25) is 0 Å². The summed E-state index contributed by atoms with van der Waals surface area (Å²) in [5.41, 5.74) is 0.913. The zero-order valence-electron chi connectivity index (χ0n) is 13.1. The first kappa shape index (κ1) is 16.2. The van der Waals surface area contributed by atoms with Gasteiger partial charge in [-0.1, -0.05) is 11.3 Å². The third kappa shape index (κ3) is 3.29. The van der Waals surface area contributed by atoms with Gasteiger partial charge < -0.3 is 9.80 Å². The van der Waals surface area contributed by atoms with E-state index in [1.807, 2.05) is 18.3 Å². The number of aromatic nitrogens is 2. The minimum absolute atomic E-state index is 0.105. The molecule has 0 spiro atoms. The molecular weight excluding hydrogens is 406 g/mol. The maximum absolute atomic E-state index is 10.9. The van der Waals surface area contributed by atoms with Crippen LogP contribution in [0, 0.1) is 10.1 Å². The van der Waals surface area contributed by atoms with Gasteiger partial charge in [0.15, 0.2) is 5.13 Å². The number of pyridine rings is 1. The van der Waals surface area contributed by atoms with E-state index in [2.05, 4.69) is 35.7 Å². The number of nitro benzene ring substituents is 1. The van der Waals surface area contributed by atoms with Crippen molar-refractivity contribution in [2.75, 3.05) is 36.0 Å². The second-order valence-corrected chi connectivity index (χ2v) is 7.64. The van der Waals surface area contributed by atoms with Gasteiger partial charge in [-0.15, -0.1) is 0 Å². The Morgan fingerprint density at radius 3 is 2.56 bits per heavy atom. The largest absolute Gasteiger partial charge is 0.353 e. The summed E-state index contributed by atoms with van der Waals surface area (Å²) < 4.78 is 1.82. The molecule has 1 saturated heterocycles. The molecule has 0 saturated carbocycles. The molecule has 3 aromatic rings. The normalized spacial score (nSPS) is 14.9. The molecule has 0 N–H and O–H groups in total. The van der Waals surface area contributed by atoms with Crippen molar-refractivity contribution in [3.05, 3.63) is 51.1 Å². The molecule has 25 heavy (non-hydrogen) atoms. The van der Waals surface area contributed by atoms with Crippen LogP contribution in [-0.2, 0) is 0 Å². The van der Waals surface area contributed by atoms with Crippen LogP contribution in [0.4, 0.5) is 16.6 Å². The van der Waals surface area contributed by atoms with Crippen LogP contribution in [0.15, 0.2) is 41.0 Å². The van der Waals surface area contributed by atoms with Crippen molar-refractivity contribution < 1.29 is 4.92 Å². The molecule has 2 aromatic heterocycles. The molecule has 1 aromatic carbocycles. The summed E-state index contributed by atoms with van der Waals surface area (Å²) in [5.74, 6) is 0.975. The number of anilines is 2. The van der Waals surface area contributed by atoms with Crippen molar-refractivity contribution >= 4 is 54.1 Å². The van der Waals surface area contributed by atoms with E-state index in [1.54, 1.807) is 12.1 Å². The molecule has 0 radical (unpaired) electrons. The summed E-state index contributed by atoms with van der Waals surface area (Å²) in [4.78, 5) is 24.1. The first-order valence-electron chi connectivity index (χ1n) is 7.76. The molecule has 0 bridgehead atoms. The van der Waals surface area contributed by atoms with Crippen molar-refractivity contribution in [1.82, 2.24) is 9.97 Å². The van der Waals surface area contributed by atoms with E-state index >= 15 is 0 Å². The predicted molar refractivity (Wildman–Crippen MR) is 103 cm³/mol. The highest BCUT2D eigenvalue weighted by Gasteiger charge is 2.21. The minimum Gasteiger partial charge on any atom is -0.353 e. The summed E-state index contributed by atoms with van der Waals surface area (Å²) in [7, 11) is 0. The Hall–Kier alpha value is -2.26. The lowest BCUT2D eigenvalue weighted by Crippen LogP contribution is -2.46. The molecule has 1 fully saturated rings. The summed E-state index contributed by atoms with van der Waals surface area (Å²) in [6.07, 6.45) is 1.81. The molecule has 0 amide bonds. The van der Waals surface area contributed by atoms with E-state index in [1.165, 1.54) is 17.4 Å². The highest BCUT2D eigenvalue weighted by molar-refractivity contribution is 9.10. The van der Waals surface area contributed by atoms with Gasteiger partial charge in [0.25, 0.3) is 5.69 Å². The number of fused-ring (bicyclic) bond motifs is 1. The lowest BCUT2D eigenvalue weighted by Gasteiger charge is -2.35. The number of hydrogen-bond donors (Lipinski definition) is 0. The number of nitro groups is 1. The maximum Gasteiger partial charge on any atom is 0.270 e. The third-order valence-electron chi connectivity index (χ3n) is 4.16. The van der Waals surface area contributed by atoms with Crippen LogP contribution in [-0.4, -0.2) is 41.1 Å². The Morgan fingerprint density at radius 2 is 1.88 bits per heavy atom. The number of halogens is 1. The fourth-order valence-corrected chi connectivity index (χ4v) is 4.12. The Bertz CT molecular complexity index is 922. The van der Waals surface area contributed by atoms with Crippen LogP contribution in [0.25, 0.3) is 10.2 Å². The summed E-state index contributed by atoms with van der Waals surface area (Å²) in [5, 5.41) is 11.8. The number of nitrogens with zero attached hydrogens (tertiary/aromatic N) is 5. The van der Waals surface area contributed by atoms with Crippen molar-refractivity contribution in [3.8, 4) is 0 Å². The highest BCUT2D eigenvalue weighted by Crippen LogP contribution is 2.32. The summed E-state index contributed by atoms with van der Waals surface area (Å²) in [6, 6.07) is 8.82. The van der Waals surface area contributed by atoms with E-state index in [0.717, 1.165) is 51.8 Å². The molecule has 3 heterocycles. The van der Waals surface area contributed by atoms with E-state index in [4.69, 9.17) is 0 Å². The zero-order chi connectivity index (χ0) is 17.4. The predicted octanol–water partition coefficient (Wildman–Crippen LogP) is 3.69. The van der Waals surface area contributed by atoms with Crippen LogP contribution in [0.3, 0.4) is 0 Å². The van der Waals surface area contributed by atoms with Gasteiger partial charge in [0.1, 0.15) is 5.82 Å². The topological polar surface area (TPSA) is 75.4 Å². The van der Waals surface area contributed by atoms with Gasteiger partial charge in [0.2, 0.25) is 0 Å². The number of rotatable bonds is 3. The third-order valence-corrected chi connectivity index (χ3v) is 5.71. The fourth-order valence-electron chi connectivity index (χ4n) is 2.83. The van der Waals surface area contributed by atoms with Gasteiger partial charge in [0, 0.05) is 49.0 Å². The second kappa shape index (κ2) is 6.57. The number of hydrogen-bond acceptors (Lipinski definition) is 7. The molecule has 128 valence electrons. The summed E-state index contributed by atoms with van der Waals surface area (Å²) in [6.45, 7) is 3.43. The first-order valence-corrected chi connectivity index (χ1v) is 9.37. The standard InChI is InChI=1S/C16H14BrN5O2S/c17-11-1-4-15(18-10-11)20-5-7-21(8-6-20)16-19-13-3-2-12(22(23)24)9-14(13)25-16/h1-4,9-10H,5-8H2. The fraction of sp³-hybridized carbons (Fsp3) is 0.250. The average Bonchev–Trinajstić information content (AvgIpc) is 3.05. The van der Waals surface area contributed by atoms with Crippen molar-refractivity contribution in [2.45, 2.75) is 0 Å². The van der Waals surface area contributed by atoms with Gasteiger partial charge in [0.05, 0.1) is 15.1 Å². The van der Waals surface area contributed by atoms with Gasteiger partial charge >= 0.3 is 0 Å². The first-order chi connectivity index (χ1) is 12.1. The number of thiazole rings is 1. The van der Waals surface area contributed by atoms with Gasteiger partial charge in [-0.05, 0) is 34.1 Å². The Labute approximate surface area is 156 Å². The summed E-state index contributed by atoms with van der Waals surface area (Å²) >= 11 is 4.91. The molecule has 1 aliphatic rings. The molecule has 9 heteroatoms. The van der Waals surface area contributed by atoms with Crippen LogP contribution >= 0.6 is 27.3 Å². The Morgan fingerprint density at radius 1 is 1.12 bits per heavy atom. The van der Waals surface area contributed by atoms with E-state index < -0.39 is 0 Å². The smallest absolute Gasteiger partial charge is 0.270 e. The van der Waals surface area contributed by atoms with Crippen molar-refractivity contribution in [3.63, 3.8) is 0 Å². The maximum atomic E-state index is 10.9. The van der Waals surface area contributed by atoms with Crippen molar-refractivity contribution in [1.29, 1.82) is 0 Å².